The molecule has 0 aliphatic carbocycles. The first-order chi connectivity index (χ1) is 29.4. The molecule has 4 heterocycles. The summed E-state index contributed by atoms with van der Waals surface area (Å²) in [5, 5.41) is 7.21. The molecule has 0 unspecified atom stereocenters. The average Bonchev–Trinajstić information content (AvgIpc) is 3.95. The monoisotopic (exact) mass is 790 g/mol. The van der Waals surface area contributed by atoms with Gasteiger partial charge in [0, 0.05) is 65.5 Å². The summed E-state index contributed by atoms with van der Waals surface area (Å²) >= 11 is 1.87. The van der Waals surface area contributed by atoms with Gasteiger partial charge in [0.05, 0.1) is 15.7 Å². The zero-order valence-electron chi connectivity index (χ0n) is 36.3. The van der Waals surface area contributed by atoms with E-state index in [2.05, 4.69) is 180 Å². The zero-order valence-corrected chi connectivity index (χ0v) is 37.2. The van der Waals surface area contributed by atoms with Crippen molar-refractivity contribution >= 4 is 208 Å². The van der Waals surface area contributed by atoms with E-state index in [1.807, 2.05) is 11.3 Å². The highest BCUT2D eigenvalue weighted by molar-refractivity contribution is 7.26. The minimum atomic E-state index is 0.630. The fraction of sp³-hybridized carbons (Fsp3) is 0. The summed E-state index contributed by atoms with van der Waals surface area (Å²) in [4.78, 5) is 15.9. The van der Waals surface area contributed by atoms with Crippen LogP contribution in [0.3, 0.4) is 0 Å². The molecule has 0 fully saturated rings. The molecule has 0 atom stereocenters. The van der Waals surface area contributed by atoms with Crippen LogP contribution in [0.2, 0.25) is 0 Å². The summed E-state index contributed by atoms with van der Waals surface area (Å²) in [6.45, 7) is 0. The Bertz CT molecular complexity index is 3600. The molecule has 0 saturated heterocycles. The van der Waals surface area contributed by atoms with Crippen molar-refractivity contribution in [2.45, 2.75) is 0 Å². The lowest BCUT2D eigenvalue weighted by Gasteiger charge is -2.22. The second kappa shape index (κ2) is 13.8. The molecular formula is C45H36B10N4OS. The van der Waals surface area contributed by atoms with Crippen LogP contribution < -0.4 is 54.6 Å². The van der Waals surface area contributed by atoms with Crippen LogP contribution in [0, 0.1) is 0 Å². The third kappa shape index (κ3) is 5.50. The Labute approximate surface area is 367 Å². The van der Waals surface area contributed by atoms with Gasteiger partial charge in [0.25, 0.3) is 0 Å². The third-order valence-corrected chi connectivity index (χ3v) is 15.4. The Balaban J connectivity index is 1.11. The molecule has 0 spiro atoms. The predicted molar refractivity (Wildman–Crippen MR) is 292 cm³/mol. The Morgan fingerprint density at radius 1 is 0.426 bits per heavy atom. The molecule has 5 nitrogen and oxygen atoms in total. The van der Waals surface area contributed by atoms with Gasteiger partial charge in [0.1, 0.15) is 89.6 Å². The van der Waals surface area contributed by atoms with E-state index in [0.717, 1.165) is 44.3 Å². The van der Waals surface area contributed by atoms with Gasteiger partial charge in [-0.25, -0.2) is 15.0 Å². The molecule has 16 heteroatoms. The molecule has 0 aliphatic heterocycles. The average molecular weight is 789 g/mol. The van der Waals surface area contributed by atoms with Crippen molar-refractivity contribution in [2.24, 2.45) is 0 Å². The quantitative estimate of drug-likeness (QED) is 0.168. The Hall–Kier alpha value is -5.98. The Kier molecular flexibility index (Phi) is 8.57. The van der Waals surface area contributed by atoms with Crippen molar-refractivity contribution in [1.29, 1.82) is 0 Å². The number of rotatable bonds is 4. The van der Waals surface area contributed by atoms with Crippen LogP contribution in [0.1, 0.15) is 0 Å². The molecule has 7 aromatic carbocycles. The van der Waals surface area contributed by atoms with Crippen LogP contribution in [-0.2, 0) is 0 Å². The van der Waals surface area contributed by atoms with Crippen molar-refractivity contribution in [3.05, 3.63) is 97.1 Å². The van der Waals surface area contributed by atoms with Gasteiger partial charge in [-0.15, -0.1) is 44.1 Å². The summed E-state index contributed by atoms with van der Waals surface area (Å²) in [5.74, 6) is 2.03. The molecular weight excluding hydrogens is 753 g/mol. The van der Waals surface area contributed by atoms with Crippen molar-refractivity contribution in [3.63, 3.8) is 0 Å². The first kappa shape index (κ1) is 38.0. The normalized spacial score (nSPS) is 11.9. The fourth-order valence-electron chi connectivity index (χ4n) is 9.94. The van der Waals surface area contributed by atoms with E-state index >= 15 is 0 Å². The molecule has 0 amide bonds. The number of thiophene rings is 1. The van der Waals surface area contributed by atoms with Crippen LogP contribution in [0.15, 0.2) is 101 Å². The summed E-state index contributed by atoms with van der Waals surface area (Å²) in [6, 6.07) is 35.1. The van der Waals surface area contributed by atoms with Crippen molar-refractivity contribution in [2.75, 3.05) is 0 Å². The molecule has 278 valence electrons. The minimum absolute atomic E-state index is 0.630. The second-order valence-corrected chi connectivity index (χ2v) is 18.1. The first-order valence-corrected chi connectivity index (χ1v) is 21.9. The van der Waals surface area contributed by atoms with Crippen LogP contribution in [-0.4, -0.2) is 98.0 Å². The van der Waals surface area contributed by atoms with Gasteiger partial charge in [-0.3, -0.25) is 0 Å². The van der Waals surface area contributed by atoms with E-state index in [9.17, 15) is 0 Å². The maximum atomic E-state index is 6.83. The maximum absolute atomic E-state index is 6.83. The number of nitrogens with zero attached hydrogens (tertiary/aromatic N) is 4. The van der Waals surface area contributed by atoms with Gasteiger partial charge in [-0.05, 0) is 36.4 Å². The number of hydrogen-bond acceptors (Lipinski definition) is 5. The zero-order chi connectivity index (χ0) is 42.2. The Morgan fingerprint density at radius 3 is 1.56 bits per heavy atom. The lowest BCUT2D eigenvalue weighted by atomic mass is 9.60. The van der Waals surface area contributed by atoms with Crippen molar-refractivity contribution < 1.29 is 4.42 Å². The summed E-state index contributed by atoms with van der Waals surface area (Å²) < 4.78 is 11.8. The van der Waals surface area contributed by atoms with Gasteiger partial charge >= 0.3 is 0 Å². The molecule has 0 saturated carbocycles. The highest BCUT2D eigenvalue weighted by Crippen LogP contribution is 2.43. The number of hydrogen-bond donors (Lipinski definition) is 0. The largest absolute Gasteiger partial charge is 0.456 e. The highest BCUT2D eigenvalue weighted by atomic mass is 32.1. The minimum Gasteiger partial charge on any atom is -0.456 e. The maximum Gasteiger partial charge on any atom is 0.164 e. The summed E-state index contributed by atoms with van der Waals surface area (Å²) in [6.07, 6.45) is 0. The lowest BCUT2D eigenvalue weighted by molar-refractivity contribution is 0.668. The van der Waals surface area contributed by atoms with Crippen LogP contribution in [0.4, 0.5) is 0 Å². The number of furan rings is 1. The first-order valence-electron chi connectivity index (χ1n) is 21.1. The molecule has 11 aromatic rings. The van der Waals surface area contributed by atoms with E-state index in [1.165, 1.54) is 96.6 Å². The molecule has 4 aromatic heterocycles. The van der Waals surface area contributed by atoms with E-state index in [4.69, 9.17) is 19.4 Å². The number of benzene rings is 7. The van der Waals surface area contributed by atoms with Crippen molar-refractivity contribution in [3.8, 4) is 39.9 Å². The van der Waals surface area contributed by atoms with Crippen LogP contribution in [0.25, 0.3) is 104 Å². The molecule has 61 heavy (non-hydrogen) atoms. The van der Waals surface area contributed by atoms with E-state index in [-0.39, 0.29) is 0 Å². The molecule has 0 N–H and O–H groups in total. The van der Waals surface area contributed by atoms with E-state index < -0.39 is 0 Å². The predicted octanol–water partition coefficient (Wildman–Crippen LogP) is -5.18. The molecule has 0 aliphatic rings. The standard InChI is InChI=1S/C45H36B10N4OS/c46-31-29(32(47)36(51)39(54)35(31)50)44-56-43(57-45(58-44)30-33(48)37(52)40(55)38(53)34(30)49)17-9-11-20-21-12-10-18(16-27(21)60-26(20)15-17)59-25-7-3-1-5-19(25)23-13-14-24-22-6-2-4-8-28(22)61-42(24)41(23)59/h1-16H,46-55H2. The summed E-state index contributed by atoms with van der Waals surface area (Å²) in [5.41, 5.74) is 20.7. The van der Waals surface area contributed by atoms with Crippen LogP contribution >= 0.6 is 11.3 Å². The Morgan fingerprint density at radius 2 is 0.918 bits per heavy atom. The van der Waals surface area contributed by atoms with Crippen LogP contribution in [0.5, 0.6) is 0 Å². The highest BCUT2D eigenvalue weighted by Gasteiger charge is 2.23. The van der Waals surface area contributed by atoms with Crippen molar-refractivity contribution in [1.82, 2.24) is 19.5 Å². The smallest absolute Gasteiger partial charge is 0.164 e. The molecule has 0 radical (unpaired) electrons. The molecule has 0 bridgehead atoms. The van der Waals surface area contributed by atoms with Gasteiger partial charge in [-0.2, -0.15) is 0 Å². The SMILES string of the molecule is Bc1c(B)c(B)c(-c2nc(-c3ccc4c(c3)oc3cc(-n5c6ccccc6c6ccc7c8ccccc8sc7c65)ccc34)nc(-c3c(B)c(B)c(B)c(B)c3B)n2)c(B)c1B. The number of aromatic nitrogens is 4. The number of fused-ring (bicyclic) bond motifs is 10. The third-order valence-electron chi connectivity index (χ3n) is 14.2. The topological polar surface area (TPSA) is 56.7 Å². The van der Waals surface area contributed by atoms with Gasteiger partial charge in [-0.1, -0.05) is 76.4 Å². The number of para-hydroxylation sites is 1. The van der Waals surface area contributed by atoms with Gasteiger partial charge < -0.3 is 8.98 Å². The fourth-order valence-corrected chi connectivity index (χ4v) is 11.2. The summed E-state index contributed by atoms with van der Waals surface area (Å²) in [7, 11) is 22.0. The van der Waals surface area contributed by atoms with Gasteiger partial charge in [0.15, 0.2) is 17.5 Å². The van der Waals surface area contributed by atoms with E-state index in [0.29, 0.717) is 17.5 Å². The second-order valence-electron chi connectivity index (χ2n) is 17.1. The van der Waals surface area contributed by atoms with Gasteiger partial charge in [0.2, 0.25) is 0 Å². The molecule has 11 rings (SSSR count). The lowest BCUT2D eigenvalue weighted by Crippen LogP contribution is -2.55. The van der Waals surface area contributed by atoms with E-state index in [1.54, 1.807) is 0 Å².